The average Bonchev–Trinajstić information content (AvgIpc) is 3.13. The molecule has 0 spiro atoms. The number of allylic oxidation sites excluding steroid dienone is 8. The van der Waals surface area contributed by atoms with Gasteiger partial charge in [-0.2, -0.15) is 0 Å². The van der Waals surface area contributed by atoms with Crippen LogP contribution in [0.5, 0.6) is 0 Å². The number of ether oxygens (including phenoxy) is 2. The van der Waals surface area contributed by atoms with Crippen LogP contribution in [-0.2, 0) is 32.7 Å². The van der Waals surface area contributed by atoms with E-state index in [9.17, 15) is 19.0 Å². The zero-order valence-corrected chi connectivity index (χ0v) is 36.8. The molecule has 0 aromatic carbocycles. The molecule has 0 aromatic heterocycles. The SMILES string of the molecule is CC/C=C\C/C=C\C/C=C\C/C=C\CCCCC(=O)OC(COC(=O)CCCCCCCCCCCCCCCCCC)COP(=O)([O-])OCC[N+](C)(C)C. The van der Waals surface area contributed by atoms with Gasteiger partial charge in [0.25, 0.3) is 7.82 Å². The molecule has 0 rings (SSSR count). The largest absolute Gasteiger partial charge is 0.756 e. The minimum Gasteiger partial charge on any atom is -0.756 e. The molecular formula is C45H82NO8P. The van der Waals surface area contributed by atoms with Gasteiger partial charge in [0.1, 0.15) is 19.8 Å². The van der Waals surface area contributed by atoms with Gasteiger partial charge in [-0.25, -0.2) is 0 Å². The molecule has 0 aliphatic carbocycles. The molecule has 0 bridgehead atoms. The van der Waals surface area contributed by atoms with E-state index in [1.54, 1.807) is 0 Å². The molecule has 0 saturated heterocycles. The van der Waals surface area contributed by atoms with E-state index in [2.05, 4.69) is 62.5 Å². The first kappa shape index (κ1) is 53.0. The minimum atomic E-state index is -4.63. The summed E-state index contributed by atoms with van der Waals surface area (Å²) < 4.78 is 33.8. The molecule has 0 aliphatic rings. The van der Waals surface area contributed by atoms with Crippen molar-refractivity contribution in [1.82, 2.24) is 0 Å². The van der Waals surface area contributed by atoms with E-state index in [0.717, 1.165) is 57.8 Å². The summed E-state index contributed by atoms with van der Waals surface area (Å²) in [6, 6.07) is 0. The molecule has 0 aliphatic heterocycles. The lowest BCUT2D eigenvalue weighted by Crippen LogP contribution is -2.37. The van der Waals surface area contributed by atoms with Crippen molar-refractivity contribution >= 4 is 19.8 Å². The topological polar surface area (TPSA) is 111 Å². The van der Waals surface area contributed by atoms with Crippen molar-refractivity contribution in [3.05, 3.63) is 48.6 Å². The zero-order chi connectivity index (χ0) is 40.7. The van der Waals surface area contributed by atoms with Crippen LogP contribution in [0, 0.1) is 0 Å². The van der Waals surface area contributed by atoms with Crippen LogP contribution in [0.4, 0.5) is 0 Å². The van der Waals surface area contributed by atoms with Crippen LogP contribution < -0.4 is 4.89 Å². The number of unbranched alkanes of at least 4 members (excludes halogenated alkanes) is 17. The second kappa shape index (κ2) is 37.5. The lowest BCUT2D eigenvalue weighted by molar-refractivity contribution is -0.870. The maximum Gasteiger partial charge on any atom is 0.306 e. The Morgan fingerprint density at radius 1 is 0.582 bits per heavy atom. The van der Waals surface area contributed by atoms with Gasteiger partial charge >= 0.3 is 11.9 Å². The second-order valence-electron chi connectivity index (χ2n) is 15.7. The molecule has 320 valence electrons. The Morgan fingerprint density at radius 2 is 1.04 bits per heavy atom. The van der Waals surface area contributed by atoms with Crippen LogP contribution in [0.3, 0.4) is 0 Å². The maximum absolute atomic E-state index is 12.6. The Bertz CT molecular complexity index is 1080. The fraction of sp³-hybridized carbons (Fsp3) is 0.778. The van der Waals surface area contributed by atoms with Gasteiger partial charge in [-0.15, -0.1) is 0 Å². The third-order valence-corrected chi connectivity index (χ3v) is 10.1. The third kappa shape index (κ3) is 41.4. The highest BCUT2D eigenvalue weighted by Crippen LogP contribution is 2.38. The summed E-state index contributed by atoms with van der Waals surface area (Å²) in [5, 5.41) is 0. The van der Waals surface area contributed by atoms with Crippen molar-refractivity contribution in [1.29, 1.82) is 0 Å². The highest BCUT2D eigenvalue weighted by Gasteiger charge is 2.21. The molecule has 0 aromatic rings. The van der Waals surface area contributed by atoms with Gasteiger partial charge in [-0.3, -0.25) is 14.2 Å². The lowest BCUT2D eigenvalue weighted by atomic mass is 10.0. The quantitative estimate of drug-likeness (QED) is 0.0199. The Labute approximate surface area is 337 Å². The first-order valence-electron chi connectivity index (χ1n) is 21.8. The van der Waals surface area contributed by atoms with Crippen LogP contribution in [0.25, 0.3) is 0 Å². The monoisotopic (exact) mass is 796 g/mol. The number of nitrogens with zero attached hydrogens (tertiary/aromatic N) is 1. The predicted molar refractivity (Wildman–Crippen MR) is 227 cm³/mol. The smallest absolute Gasteiger partial charge is 0.306 e. The van der Waals surface area contributed by atoms with E-state index in [4.69, 9.17) is 18.5 Å². The summed E-state index contributed by atoms with van der Waals surface area (Å²) in [6.45, 7) is 4.06. The highest BCUT2D eigenvalue weighted by molar-refractivity contribution is 7.45. The number of rotatable bonds is 39. The zero-order valence-electron chi connectivity index (χ0n) is 35.9. The number of carbonyl (C=O) groups is 2. The molecule has 9 nitrogen and oxygen atoms in total. The van der Waals surface area contributed by atoms with Crippen molar-refractivity contribution in [3.8, 4) is 0 Å². The summed E-state index contributed by atoms with van der Waals surface area (Å²) in [5.74, 6) is -0.881. The number of quaternary nitrogens is 1. The van der Waals surface area contributed by atoms with Gasteiger partial charge in [-0.05, 0) is 51.4 Å². The Morgan fingerprint density at radius 3 is 1.55 bits per heavy atom. The molecule has 0 N–H and O–H groups in total. The summed E-state index contributed by atoms with van der Waals surface area (Å²) in [6.07, 6.45) is 42.8. The first-order valence-corrected chi connectivity index (χ1v) is 23.3. The fourth-order valence-electron chi connectivity index (χ4n) is 5.70. The number of phosphoric ester groups is 1. The number of hydrogen-bond donors (Lipinski definition) is 0. The Balaban J connectivity index is 4.41. The van der Waals surface area contributed by atoms with Gasteiger partial charge in [0.05, 0.1) is 27.7 Å². The first-order chi connectivity index (χ1) is 26.5. The van der Waals surface area contributed by atoms with Crippen LogP contribution in [-0.4, -0.2) is 70.0 Å². The summed E-state index contributed by atoms with van der Waals surface area (Å²) in [4.78, 5) is 37.5. The van der Waals surface area contributed by atoms with Crippen LogP contribution in [0.2, 0.25) is 0 Å². The number of likely N-dealkylation sites (N-methyl/N-ethyl adjacent to an activating group) is 1. The molecule has 2 atom stereocenters. The summed E-state index contributed by atoms with van der Waals surface area (Å²) in [7, 11) is 1.14. The molecular weight excluding hydrogens is 713 g/mol. The normalized spacial score (nSPS) is 14.1. The molecule has 0 saturated carbocycles. The minimum absolute atomic E-state index is 0.0394. The Hall–Kier alpha value is -2.03. The molecule has 0 heterocycles. The summed E-state index contributed by atoms with van der Waals surface area (Å²) >= 11 is 0. The average molecular weight is 796 g/mol. The fourth-order valence-corrected chi connectivity index (χ4v) is 6.43. The third-order valence-electron chi connectivity index (χ3n) is 9.11. The molecule has 2 unspecified atom stereocenters. The van der Waals surface area contributed by atoms with Crippen LogP contribution in [0.1, 0.15) is 174 Å². The van der Waals surface area contributed by atoms with Crippen molar-refractivity contribution < 1.29 is 42.1 Å². The van der Waals surface area contributed by atoms with Gasteiger partial charge in [0.2, 0.25) is 0 Å². The van der Waals surface area contributed by atoms with E-state index in [1.165, 1.54) is 83.5 Å². The lowest BCUT2D eigenvalue weighted by Gasteiger charge is -2.28. The van der Waals surface area contributed by atoms with Gasteiger partial charge in [-0.1, -0.05) is 159 Å². The number of esters is 2. The molecule has 0 fully saturated rings. The Kier molecular flexibility index (Phi) is 36.2. The van der Waals surface area contributed by atoms with Crippen LogP contribution >= 0.6 is 7.82 Å². The number of carbonyl (C=O) groups excluding carboxylic acids is 2. The standard InChI is InChI=1S/C45H82NO8P/c1-6-8-10-12-14-16-18-20-22-24-25-27-29-31-33-35-37-44(47)51-41-43(42-53-55(49,50)52-40-39-46(3,4)5)54-45(48)38-36-34-32-30-28-26-23-21-19-17-15-13-11-9-7-2/h9,11,15,17,21,23,28,30,43H,6-8,10,12-14,16,18-20,22,24-27,29,31-42H2,1-5H3/b11-9-,17-15-,23-21-,30-28-. The van der Waals surface area contributed by atoms with Gasteiger partial charge < -0.3 is 27.9 Å². The number of phosphoric acid groups is 1. The molecule has 55 heavy (non-hydrogen) atoms. The summed E-state index contributed by atoms with van der Waals surface area (Å²) in [5.41, 5.74) is 0. The van der Waals surface area contributed by atoms with E-state index in [1.807, 2.05) is 21.1 Å². The van der Waals surface area contributed by atoms with Gasteiger partial charge in [0, 0.05) is 12.8 Å². The van der Waals surface area contributed by atoms with Crippen molar-refractivity contribution in [2.45, 2.75) is 180 Å². The molecule has 0 amide bonds. The molecule has 10 heteroatoms. The number of hydrogen-bond acceptors (Lipinski definition) is 8. The predicted octanol–water partition coefficient (Wildman–Crippen LogP) is 11.7. The van der Waals surface area contributed by atoms with Crippen molar-refractivity contribution in [2.24, 2.45) is 0 Å². The van der Waals surface area contributed by atoms with E-state index in [0.29, 0.717) is 17.4 Å². The molecule has 0 radical (unpaired) electrons. The highest BCUT2D eigenvalue weighted by atomic mass is 31.2. The van der Waals surface area contributed by atoms with Crippen LogP contribution in [0.15, 0.2) is 48.6 Å². The van der Waals surface area contributed by atoms with Crippen molar-refractivity contribution in [3.63, 3.8) is 0 Å². The van der Waals surface area contributed by atoms with Crippen molar-refractivity contribution in [2.75, 3.05) is 47.5 Å². The van der Waals surface area contributed by atoms with E-state index < -0.39 is 32.5 Å². The van der Waals surface area contributed by atoms with E-state index >= 15 is 0 Å². The van der Waals surface area contributed by atoms with E-state index in [-0.39, 0.29) is 26.1 Å². The maximum atomic E-state index is 12.6. The second-order valence-corrected chi connectivity index (χ2v) is 17.1. The van der Waals surface area contributed by atoms with Gasteiger partial charge in [0.15, 0.2) is 6.10 Å².